The zero-order valence-electron chi connectivity index (χ0n) is 15.2. The predicted molar refractivity (Wildman–Crippen MR) is 108 cm³/mol. The molecule has 0 bridgehead atoms. The molecule has 2 aromatic heterocycles. The monoisotopic (exact) mass is 398 g/mol. The molecule has 0 spiro atoms. The number of carbonyl (C=O) groups excluding carboxylic acids is 1. The van der Waals surface area contributed by atoms with Crippen molar-refractivity contribution in [3.8, 4) is 17.3 Å². The summed E-state index contributed by atoms with van der Waals surface area (Å²) < 4.78 is 5.44. The van der Waals surface area contributed by atoms with Crippen LogP contribution in [0.25, 0.3) is 11.3 Å². The fraction of sp³-hybridized carbons (Fsp3) is 0.211. The smallest absolute Gasteiger partial charge is 0.316 e. The Labute approximate surface area is 167 Å². The maximum absolute atomic E-state index is 10.7. The SMILES string of the molecule is Cc1c(Cl)cccc1-c1cc(NCCCOc2nccc(C=O)n2)nc(N)n1. The van der Waals surface area contributed by atoms with Crippen molar-refractivity contribution in [1.82, 2.24) is 19.9 Å². The molecular formula is C19H19ClN6O2. The molecule has 0 fully saturated rings. The first kappa shape index (κ1) is 19.5. The zero-order chi connectivity index (χ0) is 19.9. The Balaban J connectivity index is 1.58. The van der Waals surface area contributed by atoms with Crippen molar-refractivity contribution in [2.45, 2.75) is 13.3 Å². The lowest BCUT2D eigenvalue weighted by atomic mass is 10.1. The summed E-state index contributed by atoms with van der Waals surface area (Å²) in [5.74, 6) is 0.788. The van der Waals surface area contributed by atoms with Gasteiger partial charge in [-0.15, -0.1) is 0 Å². The molecule has 1 aromatic carbocycles. The second-order valence-corrected chi connectivity index (χ2v) is 6.33. The first-order valence-corrected chi connectivity index (χ1v) is 8.99. The Kier molecular flexibility index (Phi) is 6.33. The number of nitrogens with two attached hydrogens (primary N) is 1. The molecule has 3 N–H and O–H groups in total. The number of rotatable bonds is 8. The van der Waals surface area contributed by atoms with Crippen molar-refractivity contribution in [1.29, 1.82) is 0 Å². The number of anilines is 2. The molecule has 0 aliphatic rings. The van der Waals surface area contributed by atoms with Gasteiger partial charge in [0.1, 0.15) is 11.5 Å². The van der Waals surface area contributed by atoms with Gasteiger partial charge < -0.3 is 15.8 Å². The van der Waals surface area contributed by atoms with E-state index in [1.807, 2.05) is 31.2 Å². The van der Waals surface area contributed by atoms with Crippen LogP contribution in [-0.4, -0.2) is 39.4 Å². The zero-order valence-corrected chi connectivity index (χ0v) is 16.0. The van der Waals surface area contributed by atoms with Gasteiger partial charge in [-0.05, 0) is 31.0 Å². The minimum absolute atomic E-state index is 0.176. The molecule has 0 aliphatic heterocycles. The number of halogens is 1. The molecule has 3 aromatic rings. The normalized spacial score (nSPS) is 10.5. The lowest BCUT2D eigenvalue weighted by Gasteiger charge is -2.11. The largest absolute Gasteiger partial charge is 0.463 e. The van der Waals surface area contributed by atoms with Gasteiger partial charge in [0.25, 0.3) is 0 Å². The number of ether oxygens (including phenoxy) is 1. The van der Waals surface area contributed by atoms with Crippen LogP contribution in [0.2, 0.25) is 5.02 Å². The molecule has 28 heavy (non-hydrogen) atoms. The molecule has 0 amide bonds. The average Bonchev–Trinajstić information content (AvgIpc) is 2.69. The highest BCUT2D eigenvalue weighted by Crippen LogP contribution is 2.28. The van der Waals surface area contributed by atoms with E-state index in [0.29, 0.717) is 42.4 Å². The minimum Gasteiger partial charge on any atom is -0.463 e. The Bertz CT molecular complexity index is 982. The van der Waals surface area contributed by atoms with E-state index in [1.54, 1.807) is 0 Å². The van der Waals surface area contributed by atoms with Crippen molar-refractivity contribution in [2.24, 2.45) is 0 Å². The third-order valence-corrected chi connectivity index (χ3v) is 4.33. The van der Waals surface area contributed by atoms with Gasteiger partial charge in [0.15, 0.2) is 6.29 Å². The van der Waals surface area contributed by atoms with Gasteiger partial charge in [0.05, 0.1) is 12.3 Å². The molecule has 2 heterocycles. The summed E-state index contributed by atoms with van der Waals surface area (Å²) in [4.78, 5) is 27.1. The highest BCUT2D eigenvalue weighted by molar-refractivity contribution is 6.31. The second kappa shape index (κ2) is 9.09. The van der Waals surface area contributed by atoms with Gasteiger partial charge in [-0.1, -0.05) is 23.7 Å². The van der Waals surface area contributed by atoms with Crippen LogP contribution in [0, 0.1) is 6.92 Å². The summed E-state index contributed by atoms with van der Waals surface area (Å²) in [6, 6.07) is 9.16. The number of carbonyl (C=O) groups is 1. The van der Waals surface area contributed by atoms with Crippen LogP contribution >= 0.6 is 11.6 Å². The molecule has 0 radical (unpaired) electrons. The Morgan fingerprint density at radius 1 is 1.25 bits per heavy atom. The van der Waals surface area contributed by atoms with Gasteiger partial charge in [-0.2, -0.15) is 9.97 Å². The van der Waals surface area contributed by atoms with Gasteiger partial charge in [-0.3, -0.25) is 4.79 Å². The Morgan fingerprint density at radius 2 is 2.11 bits per heavy atom. The maximum atomic E-state index is 10.7. The number of benzene rings is 1. The van der Waals surface area contributed by atoms with Crippen LogP contribution in [0.3, 0.4) is 0 Å². The second-order valence-electron chi connectivity index (χ2n) is 5.92. The number of nitrogens with one attached hydrogen (secondary N) is 1. The van der Waals surface area contributed by atoms with E-state index < -0.39 is 0 Å². The van der Waals surface area contributed by atoms with Crippen LogP contribution in [0.4, 0.5) is 11.8 Å². The maximum Gasteiger partial charge on any atom is 0.316 e. The highest BCUT2D eigenvalue weighted by Gasteiger charge is 2.09. The summed E-state index contributed by atoms with van der Waals surface area (Å²) in [6.45, 7) is 2.91. The number of nitrogen functional groups attached to an aromatic ring is 1. The van der Waals surface area contributed by atoms with Gasteiger partial charge in [-0.25, -0.2) is 9.97 Å². The number of nitrogens with zero attached hydrogens (tertiary/aromatic N) is 4. The Hall–Kier alpha value is -3.26. The van der Waals surface area contributed by atoms with Crippen LogP contribution < -0.4 is 15.8 Å². The third-order valence-electron chi connectivity index (χ3n) is 3.92. The standard InChI is InChI=1S/C19H19ClN6O2/c1-12-14(4-2-5-15(12)20)16-10-17(26-18(21)25-16)22-7-3-9-28-19-23-8-6-13(11-27)24-19/h2,4-6,8,10-11H,3,7,9H2,1H3,(H3,21,22,25,26). The van der Waals surface area contributed by atoms with E-state index >= 15 is 0 Å². The van der Waals surface area contributed by atoms with Crippen LogP contribution in [0.15, 0.2) is 36.5 Å². The molecular weight excluding hydrogens is 380 g/mol. The third kappa shape index (κ3) is 4.92. The van der Waals surface area contributed by atoms with E-state index in [-0.39, 0.29) is 17.7 Å². The lowest BCUT2D eigenvalue weighted by molar-refractivity contribution is 0.111. The summed E-state index contributed by atoms with van der Waals surface area (Å²) in [7, 11) is 0. The summed E-state index contributed by atoms with van der Waals surface area (Å²) >= 11 is 6.20. The summed E-state index contributed by atoms with van der Waals surface area (Å²) in [5.41, 5.74) is 8.67. The minimum atomic E-state index is 0.176. The van der Waals surface area contributed by atoms with Gasteiger partial charge in [0, 0.05) is 29.4 Å². The van der Waals surface area contributed by atoms with E-state index in [9.17, 15) is 4.79 Å². The molecule has 0 atom stereocenters. The van der Waals surface area contributed by atoms with Crippen molar-refractivity contribution < 1.29 is 9.53 Å². The first-order chi connectivity index (χ1) is 13.6. The van der Waals surface area contributed by atoms with Crippen LogP contribution in [0.1, 0.15) is 22.5 Å². The molecule has 0 saturated carbocycles. The number of hydrogen-bond acceptors (Lipinski definition) is 8. The van der Waals surface area contributed by atoms with E-state index in [2.05, 4.69) is 25.3 Å². The van der Waals surface area contributed by atoms with Gasteiger partial charge in [0.2, 0.25) is 5.95 Å². The number of aldehydes is 1. The Morgan fingerprint density at radius 3 is 2.93 bits per heavy atom. The van der Waals surface area contributed by atoms with Crippen molar-refractivity contribution >= 4 is 29.7 Å². The highest BCUT2D eigenvalue weighted by atomic mass is 35.5. The van der Waals surface area contributed by atoms with Gasteiger partial charge >= 0.3 is 6.01 Å². The first-order valence-electron chi connectivity index (χ1n) is 8.62. The number of hydrogen-bond donors (Lipinski definition) is 2. The van der Waals surface area contributed by atoms with E-state index in [4.69, 9.17) is 22.1 Å². The fourth-order valence-corrected chi connectivity index (χ4v) is 2.70. The van der Waals surface area contributed by atoms with Crippen LogP contribution in [-0.2, 0) is 0 Å². The lowest BCUT2D eigenvalue weighted by Crippen LogP contribution is -2.11. The molecule has 0 unspecified atom stereocenters. The molecule has 3 rings (SSSR count). The molecule has 0 aliphatic carbocycles. The summed E-state index contributed by atoms with van der Waals surface area (Å²) in [5, 5.41) is 3.87. The molecule has 144 valence electrons. The predicted octanol–water partition coefficient (Wildman–Crippen LogP) is 3.17. The summed E-state index contributed by atoms with van der Waals surface area (Å²) in [6.07, 6.45) is 2.80. The molecule has 8 nitrogen and oxygen atoms in total. The quantitative estimate of drug-likeness (QED) is 0.439. The van der Waals surface area contributed by atoms with Crippen LogP contribution in [0.5, 0.6) is 6.01 Å². The molecule has 9 heteroatoms. The van der Waals surface area contributed by atoms with Crippen molar-refractivity contribution in [3.63, 3.8) is 0 Å². The molecule has 0 saturated heterocycles. The number of aromatic nitrogens is 4. The van der Waals surface area contributed by atoms with E-state index in [1.165, 1.54) is 12.3 Å². The van der Waals surface area contributed by atoms with Crippen molar-refractivity contribution in [2.75, 3.05) is 24.2 Å². The van der Waals surface area contributed by atoms with Crippen molar-refractivity contribution in [3.05, 3.63) is 52.8 Å². The van der Waals surface area contributed by atoms with E-state index in [0.717, 1.165) is 11.1 Å². The topological polar surface area (TPSA) is 116 Å². The average molecular weight is 399 g/mol. The fourth-order valence-electron chi connectivity index (χ4n) is 2.52.